The number of hydrogen-bond acceptors (Lipinski definition) is 4. The maximum Gasteiger partial charge on any atom is 0.353 e. The summed E-state index contributed by atoms with van der Waals surface area (Å²) in [7, 11) is 0. The lowest BCUT2D eigenvalue weighted by Gasteiger charge is -2.23. The van der Waals surface area contributed by atoms with E-state index in [1.807, 2.05) is 0 Å². The Hall–Kier alpha value is -1.76. The molecule has 7 nitrogen and oxygen atoms in total. The van der Waals surface area contributed by atoms with Crippen molar-refractivity contribution in [2.45, 2.75) is 6.29 Å². The van der Waals surface area contributed by atoms with Crippen LogP contribution in [0, 0.1) is 0 Å². The fourth-order valence-electron chi connectivity index (χ4n) is 1.69. The Morgan fingerprint density at radius 2 is 2.36 bits per heavy atom. The number of primary amides is 1. The van der Waals surface area contributed by atoms with Crippen LogP contribution in [0.4, 0.5) is 4.79 Å². The van der Waals surface area contributed by atoms with Gasteiger partial charge in [-0.25, -0.2) is 9.59 Å². The monoisotopic (exact) mass is 198 g/mol. The van der Waals surface area contributed by atoms with Crippen molar-refractivity contribution in [3.63, 3.8) is 0 Å². The summed E-state index contributed by atoms with van der Waals surface area (Å²) in [4.78, 5) is 24.5. The number of carboxylic acid groups (broad SMARTS) is 1. The molecule has 2 amide bonds. The second kappa shape index (κ2) is 2.88. The predicted octanol–water partition coefficient (Wildman–Crippen LogP) is -1.50. The van der Waals surface area contributed by atoms with Gasteiger partial charge < -0.3 is 15.7 Å². The number of nitrogens with zero attached hydrogens (tertiary/aromatic N) is 2. The standard InChI is InChI=1S/C7H10N4O3/c8-6(14)11-3-4(5(12)13)10-2-1-9-7(10)11/h3,7,9H,1-2H2,(H2,8,14)(H,12,13). The maximum atomic E-state index is 11.0. The van der Waals surface area contributed by atoms with Crippen LogP contribution in [0.3, 0.4) is 0 Å². The molecule has 7 heteroatoms. The van der Waals surface area contributed by atoms with E-state index in [4.69, 9.17) is 10.8 Å². The van der Waals surface area contributed by atoms with Gasteiger partial charge in [-0.1, -0.05) is 0 Å². The molecule has 76 valence electrons. The Labute approximate surface area is 79.8 Å². The summed E-state index contributed by atoms with van der Waals surface area (Å²) in [6, 6.07) is -0.661. The van der Waals surface area contributed by atoms with Crippen LogP contribution < -0.4 is 11.1 Å². The fraction of sp³-hybridized carbons (Fsp3) is 0.429. The number of nitrogens with one attached hydrogen (secondary N) is 1. The molecule has 0 spiro atoms. The van der Waals surface area contributed by atoms with Crippen molar-refractivity contribution in [2.75, 3.05) is 13.1 Å². The van der Waals surface area contributed by atoms with E-state index in [-0.39, 0.29) is 5.70 Å². The normalized spacial score (nSPS) is 24.9. The molecule has 0 aromatic rings. The Morgan fingerprint density at radius 1 is 1.64 bits per heavy atom. The summed E-state index contributed by atoms with van der Waals surface area (Å²) in [5.74, 6) is -1.05. The number of rotatable bonds is 1. The van der Waals surface area contributed by atoms with Crippen LogP contribution in [-0.4, -0.2) is 46.3 Å². The Bertz CT molecular complexity index is 327. The van der Waals surface area contributed by atoms with Crippen molar-refractivity contribution < 1.29 is 14.7 Å². The third kappa shape index (κ3) is 1.10. The highest BCUT2D eigenvalue weighted by atomic mass is 16.4. The van der Waals surface area contributed by atoms with Gasteiger partial charge in [0.25, 0.3) is 0 Å². The first-order valence-electron chi connectivity index (χ1n) is 4.14. The van der Waals surface area contributed by atoms with Crippen molar-refractivity contribution >= 4 is 12.0 Å². The molecule has 2 aliphatic heterocycles. The first kappa shape index (κ1) is 8.82. The molecule has 1 saturated heterocycles. The Kier molecular flexibility index (Phi) is 1.81. The van der Waals surface area contributed by atoms with Gasteiger partial charge in [0.2, 0.25) is 0 Å². The zero-order valence-electron chi connectivity index (χ0n) is 7.30. The molecule has 14 heavy (non-hydrogen) atoms. The number of nitrogens with two attached hydrogens (primary N) is 1. The van der Waals surface area contributed by atoms with Crippen LogP contribution in [0.1, 0.15) is 0 Å². The first-order valence-corrected chi connectivity index (χ1v) is 4.14. The average Bonchev–Trinajstić information content (AvgIpc) is 2.59. The molecular weight excluding hydrogens is 188 g/mol. The molecule has 0 aromatic carbocycles. The first-order chi connectivity index (χ1) is 6.61. The van der Waals surface area contributed by atoms with Crippen molar-refractivity contribution in [1.29, 1.82) is 0 Å². The molecule has 2 heterocycles. The van der Waals surface area contributed by atoms with E-state index in [1.165, 1.54) is 11.1 Å². The van der Waals surface area contributed by atoms with Gasteiger partial charge in [0.15, 0.2) is 6.29 Å². The molecule has 1 atom stereocenters. The third-order valence-corrected chi connectivity index (χ3v) is 2.28. The van der Waals surface area contributed by atoms with Crippen molar-refractivity contribution in [3.05, 3.63) is 11.9 Å². The minimum absolute atomic E-state index is 0.0961. The summed E-state index contributed by atoms with van der Waals surface area (Å²) in [6.45, 7) is 1.20. The van der Waals surface area contributed by atoms with Crippen LogP contribution in [-0.2, 0) is 4.79 Å². The lowest BCUT2D eigenvalue weighted by atomic mass is 10.4. The minimum atomic E-state index is -1.05. The molecule has 0 bridgehead atoms. The van der Waals surface area contributed by atoms with E-state index in [1.54, 1.807) is 4.90 Å². The van der Waals surface area contributed by atoms with Gasteiger partial charge in [-0.15, -0.1) is 0 Å². The molecule has 0 radical (unpaired) electrons. The number of amides is 2. The summed E-state index contributed by atoms with van der Waals surface area (Å²) >= 11 is 0. The highest BCUT2D eigenvalue weighted by molar-refractivity contribution is 5.88. The topological polar surface area (TPSA) is 98.9 Å². The smallest absolute Gasteiger partial charge is 0.353 e. The molecule has 2 aliphatic rings. The van der Waals surface area contributed by atoms with Gasteiger partial charge in [-0.3, -0.25) is 10.2 Å². The van der Waals surface area contributed by atoms with Gasteiger partial charge in [-0.2, -0.15) is 0 Å². The van der Waals surface area contributed by atoms with Gasteiger partial charge in [0, 0.05) is 19.3 Å². The summed E-state index contributed by atoms with van der Waals surface area (Å²) in [5, 5.41) is 11.8. The molecule has 0 saturated carbocycles. The highest BCUT2D eigenvalue weighted by Crippen LogP contribution is 2.23. The largest absolute Gasteiger partial charge is 0.477 e. The summed E-state index contributed by atoms with van der Waals surface area (Å²) < 4.78 is 0. The van der Waals surface area contributed by atoms with E-state index in [2.05, 4.69) is 5.32 Å². The molecule has 4 N–H and O–H groups in total. The van der Waals surface area contributed by atoms with Crippen molar-refractivity contribution in [2.24, 2.45) is 5.73 Å². The van der Waals surface area contributed by atoms with Gasteiger partial charge >= 0.3 is 12.0 Å². The SMILES string of the molecule is NC(=O)N1C=C(C(=O)O)N2CCNC12. The van der Waals surface area contributed by atoms with Crippen molar-refractivity contribution in [1.82, 2.24) is 15.1 Å². The van der Waals surface area contributed by atoms with Crippen LogP contribution in [0.25, 0.3) is 0 Å². The predicted molar refractivity (Wildman–Crippen MR) is 45.6 cm³/mol. The number of hydrogen-bond donors (Lipinski definition) is 3. The Morgan fingerprint density at radius 3 is 2.93 bits per heavy atom. The van der Waals surface area contributed by atoms with Crippen molar-refractivity contribution in [3.8, 4) is 0 Å². The molecule has 2 rings (SSSR count). The minimum Gasteiger partial charge on any atom is -0.477 e. The number of fused-ring (bicyclic) bond motifs is 1. The summed E-state index contributed by atoms with van der Waals surface area (Å²) in [6.07, 6.45) is 0.820. The lowest BCUT2D eigenvalue weighted by molar-refractivity contribution is -0.134. The second-order valence-electron chi connectivity index (χ2n) is 3.09. The Balaban J connectivity index is 2.30. The third-order valence-electron chi connectivity index (χ3n) is 2.28. The van der Waals surface area contributed by atoms with E-state index in [0.717, 1.165) is 0 Å². The van der Waals surface area contributed by atoms with Crippen LogP contribution in [0.2, 0.25) is 0 Å². The number of urea groups is 1. The van der Waals surface area contributed by atoms with Crippen LogP contribution in [0.5, 0.6) is 0 Å². The fourth-order valence-corrected chi connectivity index (χ4v) is 1.69. The molecular formula is C7H10N4O3. The van der Waals surface area contributed by atoms with Crippen LogP contribution >= 0.6 is 0 Å². The van der Waals surface area contributed by atoms with Gasteiger partial charge in [-0.05, 0) is 0 Å². The summed E-state index contributed by atoms with van der Waals surface area (Å²) in [5.41, 5.74) is 5.19. The number of carbonyl (C=O) groups excluding carboxylic acids is 1. The number of carboxylic acids is 1. The highest BCUT2D eigenvalue weighted by Gasteiger charge is 2.40. The van der Waals surface area contributed by atoms with E-state index < -0.39 is 18.3 Å². The quantitative estimate of drug-likeness (QED) is 0.476. The number of carbonyl (C=O) groups is 2. The average molecular weight is 198 g/mol. The molecule has 0 aromatic heterocycles. The van der Waals surface area contributed by atoms with E-state index in [0.29, 0.717) is 13.1 Å². The molecule has 0 aliphatic carbocycles. The second-order valence-corrected chi connectivity index (χ2v) is 3.09. The van der Waals surface area contributed by atoms with Crippen LogP contribution in [0.15, 0.2) is 11.9 Å². The molecule has 1 fully saturated rings. The maximum absolute atomic E-state index is 11.0. The van der Waals surface area contributed by atoms with Gasteiger partial charge in [0.1, 0.15) is 5.70 Å². The molecule has 1 unspecified atom stereocenters. The van der Waals surface area contributed by atoms with Gasteiger partial charge in [0.05, 0.1) is 0 Å². The zero-order chi connectivity index (χ0) is 10.3. The zero-order valence-corrected chi connectivity index (χ0v) is 7.30. The van der Waals surface area contributed by atoms with E-state index >= 15 is 0 Å². The van der Waals surface area contributed by atoms with E-state index in [9.17, 15) is 9.59 Å². The lowest BCUT2D eigenvalue weighted by Crippen LogP contribution is -2.47. The number of aliphatic carboxylic acids is 1.